The minimum Gasteiger partial charge on any atom is -0.461 e. The molecule has 2 aliphatic rings. The van der Waals surface area contributed by atoms with Gasteiger partial charge in [-0.3, -0.25) is 0 Å². The summed E-state index contributed by atoms with van der Waals surface area (Å²) in [6.45, 7) is 4.51. The molecule has 1 aliphatic heterocycles. The van der Waals surface area contributed by atoms with E-state index in [0.717, 1.165) is 45.4 Å². The van der Waals surface area contributed by atoms with E-state index < -0.39 is 0 Å². The molecular formula is C25H21ClOS. The summed E-state index contributed by atoms with van der Waals surface area (Å²) in [4.78, 5) is 0.995. The normalized spacial score (nSPS) is 20.5. The fraction of sp³-hybridized carbons (Fsp3) is 0.240. The van der Waals surface area contributed by atoms with Crippen LogP contribution in [0, 0.1) is 5.41 Å². The van der Waals surface area contributed by atoms with Crippen molar-refractivity contribution in [2.75, 3.05) is 0 Å². The van der Waals surface area contributed by atoms with Crippen molar-refractivity contribution in [3.05, 3.63) is 88.1 Å². The molecule has 3 heteroatoms. The summed E-state index contributed by atoms with van der Waals surface area (Å²) < 4.78 is 6.49. The Bertz CT molecular complexity index is 1160. The summed E-state index contributed by atoms with van der Waals surface area (Å²) in [5.74, 6) is 1.93. The number of hydrogen-bond acceptors (Lipinski definition) is 2. The number of allylic oxidation sites excluding steroid dienone is 2. The van der Waals surface area contributed by atoms with Crippen molar-refractivity contribution in [3.63, 3.8) is 0 Å². The number of rotatable bonds is 1. The third-order valence-electron chi connectivity index (χ3n) is 5.84. The van der Waals surface area contributed by atoms with Gasteiger partial charge < -0.3 is 4.74 Å². The maximum absolute atomic E-state index is 6.70. The number of thiocarbonyl (C=S) groups is 1. The van der Waals surface area contributed by atoms with Crippen LogP contribution in [0.5, 0.6) is 5.75 Å². The standard InChI is InChI=1S/C25H21ClOS/c1-25(2)13-20-24(21(28)14-25)23(17-9-5-6-10-18(17)26)22-16-8-4-3-7-15(16)11-12-19(22)27-20/h3-12,23H,13-14H2,1-2H3. The molecule has 0 bridgehead atoms. The van der Waals surface area contributed by atoms with Crippen molar-refractivity contribution in [1.29, 1.82) is 0 Å². The molecule has 1 atom stereocenters. The van der Waals surface area contributed by atoms with Crippen LogP contribution in [-0.2, 0) is 0 Å². The highest BCUT2D eigenvalue weighted by Gasteiger charge is 2.41. The van der Waals surface area contributed by atoms with E-state index in [4.69, 9.17) is 28.6 Å². The van der Waals surface area contributed by atoms with Crippen LogP contribution in [0.4, 0.5) is 0 Å². The molecule has 0 aromatic heterocycles. The molecule has 0 spiro atoms. The summed E-state index contributed by atoms with van der Waals surface area (Å²) in [5.41, 5.74) is 3.52. The van der Waals surface area contributed by atoms with Crippen LogP contribution < -0.4 is 4.74 Å². The maximum Gasteiger partial charge on any atom is 0.131 e. The van der Waals surface area contributed by atoms with Crippen LogP contribution >= 0.6 is 23.8 Å². The van der Waals surface area contributed by atoms with Gasteiger partial charge in [-0.1, -0.05) is 86.2 Å². The predicted molar refractivity (Wildman–Crippen MR) is 121 cm³/mol. The van der Waals surface area contributed by atoms with Crippen molar-refractivity contribution < 1.29 is 4.74 Å². The van der Waals surface area contributed by atoms with Gasteiger partial charge in [-0.05, 0) is 40.3 Å². The molecule has 1 nitrogen and oxygen atoms in total. The van der Waals surface area contributed by atoms with E-state index in [1.807, 2.05) is 12.1 Å². The zero-order chi connectivity index (χ0) is 19.5. The molecule has 0 saturated heterocycles. The average Bonchev–Trinajstić information content (AvgIpc) is 2.65. The first kappa shape index (κ1) is 17.9. The number of fused-ring (bicyclic) bond motifs is 3. The fourth-order valence-corrected chi connectivity index (χ4v) is 5.52. The van der Waals surface area contributed by atoms with Crippen LogP contribution in [0.25, 0.3) is 10.8 Å². The Hall–Kier alpha value is -2.16. The van der Waals surface area contributed by atoms with Crippen LogP contribution in [0.15, 0.2) is 72.0 Å². The predicted octanol–water partition coefficient (Wildman–Crippen LogP) is 7.46. The second-order valence-electron chi connectivity index (χ2n) is 8.53. The van der Waals surface area contributed by atoms with Crippen LogP contribution in [0.1, 0.15) is 43.7 Å². The lowest BCUT2D eigenvalue weighted by molar-refractivity contribution is 0.281. The first-order chi connectivity index (χ1) is 13.4. The highest BCUT2D eigenvalue weighted by molar-refractivity contribution is 7.80. The fourth-order valence-electron chi connectivity index (χ4n) is 4.65. The van der Waals surface area contributed by atoms with Gasteiger partial charge >= 0.3 is 0 Å². The topological polar surface area (TPSA) is 9.23 Å². The highest BCUT2D eigenvalue weighted by Crippen LogP contribution is 2.53. The van der Waals surface area contributed by atoms with E-state index in [9.17, 15) is 0 Å². The van der Waals surface area contributed by atoms with Crippen molar-refractivity contribution in [2.45, 2.75) is 32.6 Å². The summed E-state index contributed by atoms with van der Waals surface area (Å²) >= 11 is 12.6. The molecule has 0 saturated carbocycles. The van der Waals surface area contributed by atoms with Crippen LogP contribution in [0.2, 0.25) is 5.02 Å². The molecule has 3 aromatic carbocycles. The zero-order valence-electron chi connectivity index (χ0n) is 16.0. The Morgan fingerprint density at radius 3 is 2.54 bits per heavy atom. The number of ether oxygens (including phenoxy) is 1. The van der Waals surface area contributed by atoms with Crippen molar-refractivity contribution in [2.24, 2.45) is 5.41 Å². The smallest absolute Gasteiger partial charge is 0.131 e. The zero-order valence-corrected chi connectivity index (χ0v) is 17.5. The number of halogens is 1. The van der Waals surface area contributed by atoms with E-state index in [-0.39, 0.29) is 11.3 Å². The quantitative estimate of drug-likeness (QED) is 0.389. The Morgan fingerprint density at radius 2 is 1.71 bits per heavy atom. The lowest BCUT2D eigenvalue weighted by Gasteiger charge is -2.40. The van der Waals surface area contributed by atoms with Gasteiger partial charge in [0.2, 0.25) is 0 Å². The monoisotopic (exact) mass is 404 g/mol. The van der Waals surface area contributed by atoms with Crippen LogP contribution in [0.3, 0.4) is 0 Å². The SMILES string of the molecule is CC1(C)CC(=S)C2=C(C1)Oc1ccc3ccccc3c1C2c1ccccc1Cl. The lowest BCUT2D eigenvalue weighted by atomic mass is 9.70. The summed E-state index contributed by atoms with van der Waals surface area (Å²) in [7, 11) is 0. The van der Waals surface area contributed by atoms with Gasteiger partial charge in [0.15, 0.2) is 0 Å². The van der Waals surface area contributed by atoms with Gasteiger partial charge in [0, 0.05) is 33.4 Å². The molecule has 3 aromatic rings. The van der Waals surface area contributed by atoms with Crippen LogP contribution in [-0.4, -0.2) is 4.86 Å². The molecule has 140 valence electrons. The third kappa shape index (κ3) is 2.78. The van der Waals surface area contributed by atoms with E-state index in [1.165, 1.54) is 16.3 Å². The Kier molecular flexibility index (Phi) is 4.12. The molecule has 0 amide bonds. The average molecular weight is 405 g/mol. The Balaban J connectivity index is 1.84. The second-order valence-corrected chi connectivity index (χ2v) is 9.43. The molecule has 28 heavy (non-hydrogen) atoms. The molecule has 0 radical (unpaired) electrons. The third-order valence-corrected chi connectivity index (χ3v) is 6.54. The second kappa shape index (κ2) is 6.43. The maximum atomic E-state index is 6.70. The minimum atomic E-state index is 0.00199. The van der Waals surface area contributed by atoms with Gasteiger partial charge in [-0.15, -0.1) is 0 Å². The Labute approximate surface area is 176 Å². The van der Waals surface area contributed by atoms with E-state index >= 15 is 0 Å². The molecule has 1 aliphatic carbocycles. The van der Waals surface area contributed by atoms with Crippen molar-refractivity contribution in [1.82, 2.24) is 0 Å². The summed E-state index contributed by atoms with van der Waals surface area (Å²) in [5, 5.41) is 3.17. The van der Waals surface area contributed by atoms with E-state index in [2.05, 4.69) is 62.4 Å². The number of hydrogen-bond donors (Lipinski definition) is 0. The van der Waals surface area contributed by atoms with Gasteiger partial charge in [-0.2, -0.15) is 0 Å². The molecule has 5 rings (SSSR count). The van der Waals surface area contributed by atoms with E-state index in [0.29, 0.717) is 0 Å². The molecular weight excluding hydrogens is 384 g/mol. The summed E-state index contributed by atoms with van der Waals surface area (Å²) in [6.07, 6.45) is 1.78. The van der Waals surface area contributed by atoms with Gasteiger partial charge in [0.25, 0.3) is 0 Å². The number of benzene rings is 3. The summed E-state index contributed by atoms with van der Waals surface area (Å²) in [6, 6.07) is 20.8. The molecule has 0 N–H and O–H groups in total. The lowest BCUT2D eigenvalue weighted by Crippen LogP contribution is -2.32. The van der Waals surface area contributed by atoms with Crippen molar-refractivity contribution >= 4 is 39.5 Å². The van der Waals surface area contributed by atoms with Gasteiger partial charge in [0.05, 0.1) is 0 Å². The molecule has 0 fully saturated rings. The first-order valence-electron chi connectivity index (χ1n) is 9.65. The van der Waals surface area contributed by atoms with E-state index in [1.54, 1.807) is 0 Å². The largest absolute Gasteiger partial charge is 0.461 e. The minimum absolute atomic E-state index is 0.00199. The first-order valence-corrected chi connectivity index (χ1v) is 10.4. The molecule has 1 unspecified atom stereocenters. The Morgan fingerprint density at radius 1 is 0.964 bits per heavy atom. The van der Waals surface area contributed by atoms with Gasteiger partial charge in [0.1, 0.15) is 11.5 Å². The van der Waals surface area contributed by atoms with Crippen molar-refractivity contribution in [3.8, 4) is 5.75 Å². The molecule has 1 heterocycles. The highest BCUT2D eigenvalue weighted by atomic mass is 35.5. The van der Waals surface area contributed by atoms with Gasteiger partial charge in [-0.25, -0.2) is 0 Å².